The molecule has 0 saturated carbocycles. The van der Waals surface area contributed by atoms with E-state index >= 15 is 0 Å². The molecule has 17 nitrogen and oxygen atoms in total. The van der Waals surface area contributed by atoms with E-state index in [9.17, 15) is 9.59 Å². The van der Waals surface area contributed by atoms with E-state index < -0.39 is 11.7 Å². The lowest BCUT2D eigenvalue weighted by Gasteiger charge is -2.19. The first-order chi connectivity index (χ1) is 26.7. The first-order valence-corrected chi connectivity index (χ1v) is 18.7. The van der Waals surface area contributed by atoms with Crippen LogP contribution in [0.1, 0.15) is 40.5 Å². The van der Waals surface area contributed by atoms with Crippen molar-refractivity contribution in [2.24, 2.45) is 0 Å². The molecule has 0 bridgehead atoms. The highest BCUT2D eigenvalue weighted by atomic mass is 16.6. The molecular formula is C38H56N8O9. The highest BCUT2D eigenvalue weighted by Crippen LogP contribution is 2.28. The number of benzene rings is 1. The van der Waals surface area contributed by atoms with Gasteiger partial charge in [0.2, 0.25) is 11.9 Å². The molecule has 0 saturated heterocycles. The molecule has 55 heavy (non-hydrogen) atoms. The number of H-pyrrole nitrogens is 1. The van der Waals surface area contributed by atoms with Crippen molar-refractivity contribution in [2.75, 3.05) is 96.5 Å². The van der Waals surface area contributed by atoms with Gasteiger partial charge in [-0.1, -0.05) is 6.92 Å². The summed E-state index contributed by atoms with van der Waals surface area (Å²) in [6.07, 6.45) is 6.42. The maximum Gasteiger partial charge on any atom is 0.407 e. The Kier molecular flexibility index (Phi) is 18.8. The van der Waals surface area contributed by atoms with Crippen molar-refractivity contribution in [3.63, 3.8) is 0 Å². The lowest BCUT2D eigenvalue weighted by Crippen LogP contribution is -2.34. The number of aromatic nitrogens is 5. The van der Waals surface area contributed by atoms with Crippen LogP contribution in [-0.4, -0.2) is 128 Å². The molecule has 302 valence electrons. The van der Waals surface area contributed by atoms with Gasteiger partial charge in [-0.3, -0.25) is 9.48 Å². The summed E-state index contributed by atoms with van der Waals surface area (Å²) in [5.74, 6) is 0.305. The molecule has 0 fully saturated rings. The minimum absolute atomic E-state index is 0.145. The third kappa shape index (κ3) is 17.1. The third-order valence-corrected chi connectivity index (χ3v) is 7.45. The molecular weight excluding hydrogens is 712 g/mol. The number of hydrogen-bond donors (Lipinski definition) is 4. The lowest BCUT2D eigenvalue weighted by atomic mass is 10.2. The predicted molar refractivity (Wildman–Crippen MR) is 208 cm³/mol. The molecule has 1 aromatic carbocycles. The zero-order chi connectivity index (χ0) is 39.1. The number of anilines is 3. The Morgan fingerprint density at radius 2 is 1.35 bits per heavy atom. The summed E-state index contributed by atoms with van der Waals surface area (Å²) in [6.45, 7) is 13.8. The third-order valence-electron chi connectivity index (χ3n) is 7.45. The van der Waals surface area contributed by atoms with Gasteiger partial charge in [-0.25, -0.2) is 9.78 Å². The summed E-state index contributed by atoms with van der Waals surface area (Å²) in [7, 11) is 0. The Balaban J connectivity index is 0.949. The van der Waals surface area contributed by atoms with Gasteiger partial charge in [0.05, 0.1) is 97.6 Å². The van der Waals surface area contributed by atoms with Crippen molar-refractivity contribution >= 4 is 40.4 Å². The summed E-state index contributed by atoms with van der Waals surface area (Å²) < 4.78 is 39.9. The standard InChI is InChI=1S/C38H56N8O9/c1-5-14-46-28-29(27-41-46)34-32-10-12-39-35(32)45-36(44-34)43-31-8-6-30(7-9-31)42-33(47)11-15-49-17-19-51-21-23-53-25-26-54-24-22-52-20-18-50-16-13-40-37(48)55-38(2,3)4/h6-10,12,27-28H,5,11,13-26H2,1-4H3,(H,40,48)(H,42,47)(H2,39,43,44,45). The number of ether oxygens (including phenoxy) is 7. The molecule has 4 rings (SSSR count). The molecule has 4 aromatic rings. The minimum Gasteiger partial charge on any atom is -0.444 e. The van der Waals surface area contributed by atoms with Crippen LogP contribution in [0.25, 0.3) is 22.3 Å². The van der Waals surface area contributed by atoms with Gasteiger partial charge in [-0.05, 0) is 57.5 Å². The molecule has 0 radical (unpaired) electrons. The number of alkyl carbamates (subject to hydrolysis) is 1. The Bertz CT molecular complexity index is 1690. The van der Waals surface area contributed by atoms with Crippen LogP contribution >= 0.6 is 0 Å². The normalized spacial score (nSPS) is 11.6. The number of aromatic amines is 1. The number of hydrogen-bond acceptors (Lipinski definition) is 13. The number of aryl methyl sites for hydroxylation is 1. The second kappa shape index (κ2) is 24.0. The van der Waals surface area contributed by atoms with Gasteiger partial charge >= 0.3 is 6.09 Å². The molecule has 4 N–H and O–H groups in total. The number of fused-ring (bicyclic) bond motifs is 1. The smallest absolute Gasteiger partial charge is 0.407 e. The SMILES string of the molecule is CCCn1cc(-c2nc(Nc3ccc(NC(=O)CCOCCOCCOCCOCCOCCOCCNC(=O)OC(C)(C)C)cc3)nc3[nH]ccc23)cn1. The molecule has 0 unspecified atom stereocenters. The number of amides is 2. The highest BCUT2D eigenvalue weighted by molar-refractivity contribution is 5.92. The summed E-state index contributed by atoms with van der Waals surface area (Å²) in [4.78, 5) is 36.5. The molecule has 17 heteroatoms. The number of rotatable bonds is 27. The molecule has 0 aliphatic rings. The van der Waals surface area contributed by atoms with E-state index in [0.717, 1.165) is 40.9 Å². The van der Waals surface area contributed by atoms with Gasteiger partial charge < -0.3 is 54.1 Å². The molecule has 0 aliphatic carbocycles. The van der Waals surface area contributed by atoms with Crippen LogP contribution in [0.2, 0.25) is 0 Å². The number of nitrogens with one attached hydrogen (secondary N) is 4. The fraction of sp³-hybridized carbons (Fsp3) is 0.553. The Morgan fingerprint density at radius 3 is 1.95 bits per heavy atom. The molecule has 0 atom stereocenters. The summed E-state index contributed by atoms with van der Waals surface area (Å²) in [5.41, 5.74) is 3.37. The van der Waals surface area contributed by atoms with E-state index in [-0.39, 0.29) is 18.9 Å². The Labute approximate surface area is 322 Å². The van der Waals surface area contributed by atoms with Gasteiger partial charge in [0.25, 0.3) is 0 Å². The maximum absolute atomic E-state index is 12.4. The van der Waals surface area contributed by atoms with Crippen LogP contribution in [0.15, 0.2) is 48.9 Å². The van der Waals surface area contributed by atoms with Crippen LogP contribution in [0.4, 0.5) is 22.1 Å². The largest absolute Gasteiger partial charge is 0.444 e. The van der Waals surface area contributed by atoms with Crippen molar-refractivity contribution < 1.29 is 42.7 Å². The van der Waals surface area contributed by atoms with Gasteiger partial charge in [-0.2, -0.15) is 10.1 Å². The van der Waals surface area contributed by atoms with Crippen LogP contribution in [0, 0.1) is 0 Å². The fourth-order valence-electron chi connectivity index (χ4n) is 4.95. The number of carbonyl (C=O) groups excluding carboxylic acids is 2. The zero-order valence-corrected chi connectivity index (χ0v) is 32.4. The second-order valence-corrected chi connectivity index (χ2v) is 13.2. The van der Waals surface area contributed by atoms with Crippen molar-refractivity contribution in [1.29, 1.82) is 0 Å². The zero-order valence-electron chi connectivity index (χ0n) is 32.4. The predicted octanol–water partition coefficient (Wildman–Crippen LogP) is 4.93. The van der Waals surface area contributed by atoms with Gasteiger partial charge in [0, 0.05) is 47.8 Å². The Morgan fingerprint density at radius 1 is 0.764 bits per heavy atom. The summed E-state index contributed by atoms with van der Waals surface area (Å²) >= 11 is 0. The second-order valence-electron chi connectivity index (χ2n) is 13.2. The van der Waals surface area contributed by atoms with Gasteiger partial charge in [0.1, 0.15) is 11.2 Å². The molecule has 0 spiro atoms. The summed E-state index contributed by atoms with van der Waals surface area (Å²) in [5, 5.41) is 14.1. The molecule has 3 heterocycles. The van der Waals surface area contributed by atoms with Crippen molar-refractivity contribution in [3.8, 4) is 11.3 Å². The van der Waals surface area contributed by atoms with Gasteiger partial charge in [-0.15, -0.1) is 0 Å². The van der Waals surface area contributed by atoms with E-state index in [1.807, 2.05) is 74.4 Å². The first-order valence-electron chi connectivity index (χ1n) is 18.7. The number of carbonyl (C=O) groups is 2. The quantitative estimate of drug-likeness (QED) is 0.0598. The van der Waals surface area contributed by atoms with Crippen molar-refractivity contribution in [2.45, 2.75) is 52.7 Å². The van der Waals surface area contributed by atoms with Crippen LogP contribution < -0.4 is 16.0 Å². The van der Waals surface area contributed by atoms with E-state index in [1.54, 1.807) is 0 Å². The average Bonchev–Trinajstić information content (AvgIpc) is 3.82. The highest BCUT2D eigenvalue weighted by Gasteiger charge is 2.16. The van der Waals surface area contributed by atoms with Crippen molar-refractivity contribution in [1.82, 2.24) is 30.0 Å². The van der Waals surface area contributed by atoms with Crippen LogP contribution in [0.5, 0.6) is 0 Å². The van der Waals surface area contributed by atoms with E-state index in [0.29, 0.717) is 90.9 Å². The first kappa shape index (κ1) is 43.1. The molecule has 0 aliphatic heterocycles. The number of nitrogens with zero attached hydrogens (tertiary/aromatic N) is 4. The minimum atomic E-state index is -0.522. The van der Waals surface area contributed by atoms with Crippen molar-refractivity contribution in [3.05, 3.63) is 48.9 Å². The Hall–Kier alpha value is -4.65. The molecule has 2 amide bonds. The summed E-state index contributed by atoms with van der Waals surface area (Å²) in [6, 6.07) is 9.31. The van der Waals surface area contributed by atoms with Crippen LogP contribution in [-0.2, 0) is 44.5 Å². The maximum atomic E-state index is 12.4. The lowest BCUT2D eigenvalue weighted by molar-refractivity contribution is -0.117. The monoisotopic (exact) mass is 768 g/mol. The average molecular weight is 769 g/mol. The fourth-order valence-corrected chi connectivity index (χ4v) is 4.95. The topological polar surface area (TPSA) is 194 Å². The van der Waals surface area contributed by atoms with E-state index in [2.05, 4.69) is 37.9 Å². The van der Waals surface area contributed by atoms with E-state index in [1.165, 1.54) is 0 Å². The molecule has 3 aromatic heterocycles. The van der Waals surface area contributed by atoms with Gasteiger partial charge in [0.15, 0.2) is 0 Å². The van der Waals surface area contributed by atoms with Crippen LogP contribution in [0.3, 0.4) is 0 Å². The van der Waals surface area contributed by atoms with E-state index in [4.69, 9.17) is 38.1 Å².